The fraction of sp³-hybridized carbons (Fsp3) is 0.692. The van der Waals surface area contributed by atoms with Crippen molar-refractivity contribution >= 4 is 31.1 Å². The first kappa shape index (κ1) is 30.1. The van der Waals surface area contributed by atoms with Crippen LogP contribution in [0.3, 0.4) is 0 Å². The third-order valence-electron chi connectivity index (χ3n) is 7.58. The lowest BCUT2D eigenvalue weighted by Gasteiger charge is -2.39. The molecule has 3 atom stereocenters. The molecule has 0 saturated carbocycles. The van der Waals surface area contributed by atoms with E-state index in [1.54, 1.807) is 4.67 Å². The zero-order valence-electron chi connectivity index (χ0n) is 23.1. The molecule has 4 fully saturated rings. The van der Waals surface area contributed by atoms with Crippen molar-refractivity contribution in [3.05, 3.63) is 23.8 Å². The highest BCUT2D eigenvalue weighted by Gasteiger charge is 2.39. The Kier molecular flexibility index (Phi) is 9.77. The number of nitrogens with one attached hydrogen (secondary N) is 1. The topological polar surface area (TPSA) is 119 Å². The van der Waals surface area contributed by atoms with Gasteiger partial charge in [-0.15, -0.1) is 0 Å². The van der Waals surface area contributed by atoms with Crippen LogP contribution in [0.25, 0.3) is 0 Å². The summed E-state index contributed by atoms with van der Waals surface area (Å²) in [6.45, 7) is 3.77. The Hall–Kier alpha value is -2.35. The molecule has 4 aliphatic rings. The molecule has 1 N–H and O–H groups in total. The van der Waals surface area contributed by atoms with Crippen LogP contribution < -0.4 is 15.1 Å². The fourth-order valence-electron chi connectivity index (χ4n) is 5.38. The Morgan fingerprint density at radius 2 is 1.59 bits per heavy atom. The molecule has 1 aromatic rings. The highest BCUT2D eigenvalue weighted by atomic mass is 31.2. The number of halogens is 2. The lowest BCUT2D eigenvalue weighted by atomic mass is 10.2. The summed E-state index contributed by atoms with van der Waals surface area (Å²) in [6, 6.07) is 2.18. The number of nitrogens with zero attached hydrogens (tertiary/aromatic N) is 3. The van der Waals surface area contributed by atoms with Gasteiger partial charge in [0.15, 0.2) is 11.6 Å². The van der Waals surface area contributed by atoms with Crippen LogP contribution in [-0.2, 0) is 32.6 Å². The molecule has 12 nitrogen and oxygen atoms in total. The minimum Gasteiger partial charge on any atom is -0.442 e. The van der Waals surface area contributed by atoms with Crippen molar-refractivity contribution in [3.63, 3.8) is 0 Å². The van der Waals surface area contributed by atoms with E-state index in [1.165, 1.54) is 11.8 Å². The monoisotopic (exact) mass is 602 g/mol. The molecule has 0 aromatic heterocycles. The number of anilines is 2. The normalized spacial score (nSPS) is 26.8. The van der Waals surface area contributed by atoms with Crippen LogP contribution in [0.1, 0.15) is 32.6 Å². The molecule has 2 amide bonds. The molecule has 4 aliphatic heterocycles. The molecule has 4 saturated heterocycles. The number of piperazine rings is 1. The molecule has 228 valence electrons. The number of cyclic esters (lactones) is 1. The van der Waals surface area contributed by atoms with E-state index in [0.717, 1.165) is 42.7 Å². The summed E-state index contributed by atoms with van der Waals surface area (Å²) in [5.41, 5.74) is -0.210. The van der Waals surface area contributed by atoms with Crippen molar-refractivity contribution in [2.45, 2.75) is 50.9 Å². The van der Waals surface area contributed by atoms with Crippen molar-refractivity contribution < 1.29 is 46.2 Å². The van der Waals surface area contributed by atoms with E-state index in [4.69, 9.17) is 23.3 Å². The average Bonchev–Trinajstić information content (AvgIpc) is 3.72. The van der Waals surface area contributed by atoms with Crippen LogP contribution in [0.5, 0.6) is 0 Å². The second kappa shape index (κ2) is 13.3. The first-order chi connectivity index (χ1) is 19.7. The fourth-order valence-corrected chi connectivity index (χ4v) is 7.16. The number of carbonyl (C=O) groups is 2. The molecule has 0 radical (unpaired) electrons. The van der Waals surface area contributed by atoms with Gasteiger partial charge in [0.25, 0.3) is 0 Å². The van der Waals surface area contributed by atoms with Crippen molar-refractivity contribution in [1.29, 1.82) is 0 Å². The summed E-state index contributed by atoms with van der Waals surface area (Å²) >= 11 is 0. The van der Waals surface area contributed by atoms with E-state index in [1.807, 2.05) is 0 Å². The second-order valence-electron chi connectivity index (χ2n) is 10.6. The maximum absolute atomic E-state index is 15.3. The SMILES string of the molecule is CC(=O)NCC1CN(c2cc(F)c(N3CCN(P(=O)(OCC4CCCO4)OCC4CCCO4)CC3)c(F)c2)C(=O)O1. The molecule has 4 heterocycles. The maximum Gasteiger partial charge on any atom is 0.414 e. The van der Waals surface area contributed by atoms with Gasteiger partial charge in [0.2, 0.25) is 5.91 Å². The van der Waals surface area contributed by atoms with Gasteiger partial charge in [0, 0.05) is 58.4 Å². The van der Waals surface area contributed by atoms with E-state index in [2.05, 4.69) is 5.32 Å². The summed E-state index contributed by atoms with van der Waals surface area (Å²) < 4.78 is 74.2. The number of amides is 2. The Morgan fingerprint density at radius 1 is 1.00 bits per heavy atom. The first-order valence-electron chi connectivity index (χ1n) is 14.1. The third kappa shape index (κ3) is 7.36. The molecule has 1 aromatic carbocycles. The van der Waals surface area contributed by atoms with Gasteiger partial charge in [0.1, 0.15) is 11.8 Å². The molecule has 0 aliphatic carbocycles. The van der Waals surface area contributed by atoms with Crippen LogP contribution >= 0.6 is 7.75 Å². The Bertz CT molecular complexity index is 1100. The number of hydrogen-bond acceptors (Lipinski definition) is 9. The van der Waals surface area contributed by atoms with Gasteiger partial charge in [-0.2, -0.15) is 0 Å². The zero-order chi connectivity index (χ0) is 29.0. The van der Waals surface area contributed by atoms with Crippen LogP contribution in [0.4, 0.5) is 25.0 Å². The molecule has 15 heteroatoms. The first-order valence-corrected chi connectivity index (χ1v) is 15.6. The molecule has 3 unspecified atom stereocenters. The molecular weight excluding hydrogens is 565 g/mol. The molecule has 41 heavy (non-hydrogen) atoms. The summed E-state index contributed by atoms with van der Waals surface area (Å²) in [5, 5.41) is 2.56. The summed E-state index contributed by atoms with van der Waals surface area (Å²) in [5.74, 6) is -1.95. The van der Waals surface area contributed by atoms with Gasteiger partial charge >= 0.3 is 13.8 Å². The highest BCUT2D eigenvalue weighted by molar-refractivity contribution is 7.51. The van der Waals surface area contributed by atoms with E-state index >= 15 is 8.78 Å². The predicted octanol–water partition coefficient (Wildman–Crippen LogP) is 3.05. The smallest absolute Gasteiger partial charge is 0.414 e. The van der Waals surface area contributed by atoms with Crippen LogP contribution in [0, 0.1) is 11.6 Å². The Morgan fingerprint density at radius 3 is 2.10 bits per heavy atom. The lowest BCUT2D eigenvalue weighted by molar-refractivity contribution is -0.119. The summed E-state index contributed by atoms with van der Waals surface area (Å²) in [4.78, 5) is 26.1. The number of ether oxygens (including phenoxy) is 3. The minimum absolute atomic E-state index is 0.0206. The third-order valence-corrected chi connectivity index (χ3v) is 9.62. The predicted molar refractivity (Wildman–Crippen MR) is 144 cm³/mol. The van der Waals surface area contributed by atoms with Crippen molar-refractivity contribution in [2.75, 3.05) is 75.5 Å². The largest absolute Gasteiger partial charge is 0.442 e. The lowest BCUT2D eigenvalue weighted by Crippen LogP contribution is -2.46. The average molecular weight is 603 g/mol. The van der Waals surface area contributed by atoms with Crippen molar-refractivity contribution in [3.8, 4) is 0 Å². The van der Waals surface area contributed by atoms with E-state index in [-0.39, 0.29) is 82.0 Å². The minimum atomic E-state index is -3.71. The number of rotatable bonds is 11. The molecule has 5 rings (SSSR count). The summed E-state index contributed by atoms with van der Waals surface area (Å²) in [6.07, 6.45) is 1.80. The molecule has 0 spiro atoms. The van der Waals surface area contributed by atoms with Crippen LogP contribution in [0.15, 0.2) is 12.1 Å². The van der Waals surface area contributed by atoms with Crippen molar-refractivity contribution in [1.82, 2.24) is 9.99 Å². The number of carbonyl (C=O) groups excluding carboxylic acids is 2. The standard InChI is InChI=1S/C26H37F2N4O8P/c1-18(33)29-14-22-15-32(26(34)40-22)19-12-23(27)25(24(28)13-19)30-6-8-31(9-7-30)41(35,38-16-20-4-2-10-36-20)39-17-21-5-3-11-37-21/h12-13,20-22H,2-11,14-17H2,1H3,(H,29,33). The van der Waals surface area contributed by atoms with Gasteiger partial charge < -0.3 is 24.4 Å². The van der Waals surface area contributed by atoms with E-state index in [0.29, 0.717) is 13.2 Å². The maximum atomic E-state index is 15.3. The molecular formula is C26H37F2N4O8P. The van der Waals surface area contributed by atoms with E-state index < -0.39 is 31.6 Å². The highest BCUT2D eigenvalue weighted by Crippen LogP contribution is 2.53. The number of hydrogen-bond donors (Lipinski definition) is 1. The van der Waals surface area contributed by atoms with Gasteiger partial charge in [-0.3, -0.25) is 18.7 Å². The Balaban J connectivity index is 1.22. The molecule has 0 bridgehead atoms. The quantitative estimate of drug-likeness (QED) is 0.379. The van der Waals surface area contributed by atoms with Gasteiger partial charge in [-0.1, -0.05) is 0 Å². The van der Waals surface area contributed by atoms with Gasteiger partial charge in [0.05, 0.1) is 44.2 Å². The number of benzene rings is 1. The zero-order valence-corrected chi connectivity index (χ0v) is 24.0. The summed E-state index contributed by atoms with van der Waals surface area (Å²) in [7, 11) is -3.71. The van der Waals surface area contributed by atoms with Crippen molar-refractivity contribution in [2.24, 2.45) is 0 Å². The van der Waals surface area contributed by atoms with Crippen LogP contribution in [-0.4, -0.2) is 101 Å². The van der Waals surface area contributed by atoms with Gasteiger partial charge in [-0.05, 0) is 25.7 Å². The Labute approximate surface area is 237 Å². The van der Waals surface area contributed by atoms with Crippen LogP contribution in [0.2, 0.25) is 0 Å². The van der Waals surface area contributed by atoms with Gasteiger partial charge in [-0.25, -0.2) is 22.8 Å². The second-order valence-corrected chi connectivity index (χ2v) is 12.6. The van der Waals surface area contributed by atoms with E-state index in [9.17, 15) is 14.2 Å².